The van der Waals surface area contributed by atoms with E-state index in [1.54, 1.807) is 6.20 Å². The fourth-order valence-corrected chi connectivity index (χ4v) is 4.36. The summed E-state index contributed by atoms with van der Waals surface area (Å²) in [6, 6.07) is 2.11. The highest BCUT2D eigenvalue weighted by Gasteiger charge is 2.19. The summed E-state index contributed by atoms with van der Waals surface area (Å²) in [6.45, 7) is 1.96. The van der Waals surface area contributed by atoms with Crippen LogP contribution in [0.5, 0.6) is 0 Å². The quantitative estimate of drug-likeness (QED) is 0.798. The zero-order chi connectivity index (χ0) is 14.9. The van der Waals surface area contributed by atoms with Gasteiger partial charge in [-0.2, -0.15) is 0 Å². The van der Waals surface area contributed by atoms with Gasteiger partial charge in [-0.1, -0.05) is 0 Å². The van der Waals surface area contributed by atoms with Gasteiger partial charge in [0.2, 0.25) is 10.0 Å². The van der Waals surface area contributed by atoms with Crippen LogP contribution in [-0.4, -0.2) is 13.4 Å². The van der Waals surface area contributed by atoms with Crippen LogP contribution in [-0.2, 0) is 16.6 Å². The Bertz CT molecular complexity index is 746. The molecule has 2 aromatic rings. The zero-order valence-electron chi connectivity index (χ0n) is 10.4. The van der Waals surface area contributed by atoms with E-state index in [0.29, 0.717) is 0 Å². The number of rotatable bonds is 4. The van der Waals surface area contributed by atoms with Gasteiger partial charge in [-0.3, -0.25) is 0 Å². The first kappa shape index (κ1) is 15.4. The van der Waals surface area contributed by atoms with Gasteiger partial charge in [0.05, 0.1) is 15.6 Å². The van der Waals surface area contributed by atoms with Crippen molar-refractivity contribution in [3.05, 3.63) is 38.5 Å². The molecule has 2 rings (SSSR count). The van der Waals surface area contributed by atoms with E-state index in [2.05, 4.69) is 25.6 Å². The maximum absolute atomic E-state index is 13.2. The number of nitrogens with zero attached hydrogens (tertiary/aromatic N) is 1. The van der Waals surface area contributed by atoms with Crippen molar-refractivity contribution in [1.82, 2.24) is 9.71 Å². The van der Waals surface area contributed by atoms with Gasteiger partial charge in [0, 0.05) is 22.1 Å². The molecule has 20 heavy (non-hydrogen) atoms. The summed E-state index contributed by atoms with van der Waals surface area (Å²) in [6.07, 6.45) is 1.61. The Morgan fingerprint density at radius 2 is 2.20 bits per heavy atom. The molecule has 0 saturated carbocycles. The maximum Gasteiger partial charge on any atom is 0.242 e. The monoisotopic (exact) mass is 379 g/mol. The Morgan fingerprint density at radius 1 is 1.50 bits per heavy atom. The van der Waals surface area contributed by atoms with Gasteiger partial charge in [-0.05, 0) is 35.0 Å². The standard InChI is InChI=1S/C11H11BrFN3O2S2/c1-6-15-4-7(19-6)5-16-20(17,18)11-3-10(14)9(13)2-8(11)12/h2-4,16H,5,14H2,1H3. The van der Waals surface area contributed by atoms with E-state index in [4.69, 9.17) is 5.73 Å². The molecule has 5 nitrogen and oxygen atoms in total. The summed E-state index contributed by atoms with van der Waals surface area (Å²) in [5.41, 5.74) is 5.18. The highest BCUT2D eigenvalue weighted by Crippen LogP contribution is 2.26. The number of anilines is 1. The molecule has 3 N–H and O–H groups in total. The Morgan fingerprint density at radius 3 is 2.80 bits per heavy atom. The molecule has 108 valence electrons. The number of nitrogen functional groups attached to an aromatic ring is 1. The van der Waals surface area contributed by atoms with Gasteiger partial charge in [-0.25, -0.2) is 22.5 Å². The molecule has 0 aliphatic heterocycles. The molecule has 1 aromatic carbocycles. The van der Waals surface area contributed by atoms with Crippen LogP contribution < -0.4 is 10.5 Å². The first-order valence-corrected chi connectivity index (χ1v) is 8.54. The second kappa shape index (κ2) is 5.76. The SMILES string of the molecule is Cc1ncc(CNS(=O)(=O)c2cc(N)c(F)cc2Br)s1. The number of nitrogens with one attached hydrogen (secondary N) is 1. The highest BCUT2D eigenvalue weighted by molar-refractivity contribution is 9.10. The Hall–Kier alpha value is -1.03. The van der Waals surface area contributed by atoms with Crippen LogP contribution in [0.4, 0.5) is 10.1 Å². The van der Waals surface area contributed by atoms with Crippen LogP contribution in [0.15, 0.2) is 27.7 Å². The fourth-order valence-electron chi connectivity index (χ4n) is 1.48. The van der Waals surface area contributed by atoms with E-state index in [9.17, 15) is 12.8 Å². The van der Waals surface area contributed by atoms with Crippen molar-refractivity contribution in [1.29, 1.82) is 0 Å². The number of aromatic nitrogens is 1. The third-order valence-electron chi connectivity index (χ3n) is 2.45. The first-order chi connectivity index (χ1) is 9.29. The molecule has 0 saturated heterocycles. The molecule has 0 aliphatic carbocycles. The number of halogens is 2. The molecule has 1 heterocycles. The van der Waals surface area contributed by atoms with E-state index in [1.807, 2.05) is 6.92 Å². The molecule has 0 spiro atoms. The summed E-state index contributed by atoms with van der Waals surface area (Å²) in [4.78, 5) is 4.73. The number of nitrogens with two attached hydrogens (primary N) is 1. The van der Waals surface area contributed by atoms with Crippen molar-refractivity contribution in [2.45, 2.75) is 18.4 Å². The van der Waals surface area contributed by atoms with Gasteiger partial charge >= 0.3 is 0 Å². The molecule has 0 fully saturated rings. The summed E-state index contributed by atoms with van der Waals surface area (Å²) < 4.78 is 40.1. The first-order valence-electron chi connectivity index (χ1n) is 5.45. The maximum atomic E-state index is 13.2. The fraction of sp³-hybridized carbons (Fsp3) is 0.182. The Balaban J connectivity index is 2.24. The largest absolute Gasteiger partial charge is 0.396 e. The van der Waals surface area contributed by atoms with Crippen molar-refractivity contribution in [2.24, 2.45) is 0 Å². The minimum absolute atomic E-state index is 0.0994. The van der Waals surface area contributed by atoms with Crippen molar-refractivity contribution in [2.75, 3.05) is 5.73 Å². The number of thiazole rings is 1. The molecule has 0 amide bonds. The molecular formula is C11H11BrFN3O2S2. The minimum Gasteiger partial charge on any atom is -0.396 e. The molecule has 0 bridgehead atoms. The van der Waals surface area contributed by atoms with Crippen LogP contribution in [0.3, 0.4) is 0 Å². The van der Waals surface area contributed by atoms with E-state index in [1.165, 1.54) is 11.3 Å². The molecule has 1 aromatic heterocycles. The van der Waals surface area contributed by atoms with Gasteiger partial charge < -0.3 is 5.73 Å². The number of hydrogen-bond donors (Lipinski definition) is 2. The number of aryl methyl sites for hydroxylation is 1. The Kier molecular flexibility index (Phi) is 4.43. The smallest absolute Gasteiger partial charge is 0.242 e. The van der Waals surface area contributed by atoms with Crippen molar-refractivity contribution < 1.29 is 12.8 Å². The number of sulfonamides is 1. The molecule has 0 atom stereocenters. The average Bonchev–Trinajstić information content (AvgIpc) is 2.77. The lowest BCUT2D eigenvalue weighted by molar-refractivity contribution is 0.580. The van der Waals surface area contributed by atoms with Crippen LogP contribution in [0, 0.1) is 12.7 Å². The van der Waals surface area contributed by atoms with E-state index < -0.39 is 15.8 Å². The lowest BCUT2D eigenvalue weighted by atomic mass is 10.3. The lowest BCUT2D eigenvalue weighted by Crippen LogP contribution is -2.23. The Labute approximate surface area is 128 Å². The molecule has 0 aliphatic rings. The van der Waals surface area contributed by atoms with Gasteiger partial charge in [-0.15, -0.1) is 11.3 Å². The van der Waals surface area contributed by atoms with Gasteiger partial charge in [0.1, 0.15) is 5.82 Å². The van der Waals surface area contributed by atoms with Crippen molar-refractivity contribution in [3.63, 3.8) is 0 Å². The van der Waals surface area contributed by atoms with Crippen LogP contribution >= 0.6 is 27.3 Å². The summed E-state index contributed by atoms with van der Waals surface area (Å²) in [7, 11) is -3.78. The number of hydrogen-bond acceptors (Lipinski definition) is 5. The summed E-state index contributed by atoms with van der Waals surface area (Å²) >= 11 is 4.42. The summed E-state index contributed by atoms with van der Waals surface area (Å²) in [5, 5.41) is 0.853. The second-order valence-electron chi connectivity index (χ2n) is 3.97. The van der Waals surface area contributed by atoms with E-state index in [-0.39, 0.29) is 21.6 Å². The minimum atomic E-state index is -3.78. The predicted octanol–water partition coefficient (Wildman–Crippen LogP) is 2.41. The summed E-state index contributed by atoms with van der Waals surface area (Å²) in [5.74, 6) is -0.672. The second-order valence-corrected chi connectivity index (χ2v) is 7.88. The zero-order valence-corrected chi connectivity index (χ0v) is 13.6. The lowest BCUT2D eigenvalue weighted by Gasteiger charge is -2.09. The molecular weight excluding hydrogens is 369 g/mol. The van der Waals surface area contributed by atoms with Crippen LogP contribution in [0.1, 0.15) is 9.88 Å². The predicted molar refractivity (Wildman–Crippen MR) is 79.4 cm³/mol. The molecule has 0 radical (unpaired) electrons. The molecule has 0 unspecified atom stereocenters. The van der Waals surface area contributed by atoms with E-state index >= 15 is 0 Å². The van der Waals surface area contributed by atoms with Gasteiger partial charge in [0.25, 0.3) is 0 Å². The van der Waals surface area contributed by atoms with Crippen molar-refractivity contribution >= 4 is 43.0 Å². The van der Waals surface area contributed by atoms with E-state index in [0.717, 1.165) is 22.0 Å². The molecule has 9 heteroatoms. The average molecular weight is 380 g/mol. The van der Waals surface area contributed by atoms with Crippen LogP contribution in [0.2, 0.25) is 0 Å². The highest BCUT2D eigenvalue weighted by atomic mass is 79.9. The van der Waals surface area contributed by atoms with Gasteiger partial charge in [0.15, 0.2) is 0 Å². The number of benzene rings is 1. The van der Waals surface area contributed by atoms with Crippen LogP contribution in [0.25, 0.3) is 0 Å². The van der Waals surface area contributed by atoms with Crippen molar-refractivity contribution in [3.8, 4) is 0 Å². The normalized spacial score (nSPS) is 11.8. The third kappa shape index (κ3) is 3.35. The topological polar surface area (TPSA) is 85.1 Å². The third-order valence-corrected chi connectivity index (χ3v) is 5.72.